The van der Waals surface area contributed by atoms with Crippen LogP contribution in [-0.4, -0.2) is 52.8 Å². The van der Waals surface area contributed by atoms with Crippen molar-refractivity contribution >= 4 is 11.7 Å². The Bertz CT molecular complexity index is 908. The first kappa shape index (κ1) is 22.0. The summed E-state index contributed by atoms with van der Waals surface area (Å²) >= 11 is 0. The standard InChI is InChI=1S/C23H32N4O3/c1-15(22(29)26-23(2,3)4)27(5)21-18-8-6-7-16(18)13-20(25-21)19-14-17(9-10-24-19)30-12-11-28/h9-10,13-15,28H,6-8,11-12H2,1-5H3,(H,26,29)/t15-/m1/s1. The highest BCUT2D eigenvalue weighted by atomic mass is 16.5. The number of anilines is 1. The van der Waals surface area contributed by atoms with Gasteiger partial charge in [0, 0.05) is 24.8 Å². The van der Waals surface area contributed by atoms with Crippen LogP contribution in [-0.2, 0) is 17.6 Å². The first-order valence-corrected chi connectivity index (χ1v) is 10.5. The highest BCUT2D eigenvalue weighted by Gasteiger charge is 2.27. The zero-order valence-corrected chi connectivity index (χ0v) is 18.5. The van der Waals surface area contributed by atoms with Gasteiger partial charge in [0.15, 0.2) is 0 Å². The molecule has 0 aromatic carbocycles. The minimum atomic E-state index is -0.358. The fraction of sp³-hybridized carbons (Fsp3) is 0.522. The Morgan fingerprint density at radius 1 is 1.30 bits per heavy atom. The first-order chi connectivity index (χ1) is 14.2. The fourth-order valence-electron chi connectivity index (χ4n) is 3.62. The molecule has 0 saturated carbocycles. The summed E-state index contributed by atoms with van der Waals surface area (Å²) < 4.78 is 5.52. The number of carbonyl (C=O) groups excluding carboxylic acids is 1. The Morgan fingerprint density at radius 2 is 2.07 bits per heavy atom. The number of aliphatic hydroxyl groups is 1. The van der Waals surface area contributed by atoms with Gasteiger partial charge in [0.1, 0.15) is 24.2 Å². The van der Waals surface area contributed by atoms with Crippen LogP contribution in [0.3, 0.4) is 0 Å². The first-order valence-electron chi connectivity index (χ1n) is 10.5. The fourth-order valence-corrected chi connectivity index (χ4v) is 3.62. The average molecular weight is 413 g/mol. The molecule has 2 N–H and O–H groups in total. The zero-order chi connectivity index (χ0) is 21.9. The number of aryl methyl sites for hydroxylation is 1. The molecule has 7 nitrogen and oxygen atoms in total. The molecule has 0 saturated heterocycles. The predicted molar refractivity (Wildman–Crippen MR) is 118 cm³/mol. The highest BCUT2D eigenvalue weighted by molar-refractivity contribution is 5.85. The van der Waals surface area contributed by atoms with E-state index in [9.17, 15) is 4.79 Å². The van der Waals surface area contributed by atoms with E-state index in [1.165, 1.54) is 11.1 Å². The van der Waals surface area contributed by atoms with Gasteiger partial charge in [0.2, 0.25) is 5.91 Å². The van der Waals surface area contributed by atoms with Gasteiger partial charge >= 0.3 is 0 Å². The molecule has 1 aliphatic rings. The number of hydrogen-bond acceptors (Lipinski definition) is 6. The van der Waals surface area contributed by atoms with Crippen LogP contribution >= 0.6 is 0 Å². The largest absolute Gasteiger partial charge is 0.491 e. The van der Waals surface area contributed by atoms with Gasteiger partial charge in [-0.2, -0.15) is 0 Å². The van der Waals surface area contributed by atoms with E-state index in [4.69, 9.17) is 14.8 Å². The molecule has 0 radical (unpaired) electrons. The Morgan fingerprint density at radius 3 is 2.77 bits per heavy atom. The van der Waals surface area contributed by atoms with Crippen molar-refractivity contribution in [1.29, 1.82) is 0 Å². The maximum atomic E-state index is 12.7. The van der Waals surface area contributed by atoms with E-state index in [2.05, 4.69) is 16.4 Å². The van der Waals surface area contributed by atoms with Crippen molar-refractivity contribution in [3.8, 4) is 17.1 Å². The summed E-state index contributed by atoms with van der Waals surface area (Å²) in [7, 11) is 1.92. The minimum absolute atomic E-state index is 0.0264. The second-order valence-corrected chi connectivity index (χ2v) is 8.80. The summed E-state index contributed by atoms with van der Waals surface area (Å²) in [4.78, 5) is 24.1. The SMILES string of the molecule is C[C@H](C(=O)NC(C)(C)C)N(C)c1nc(-c2cc(OCCO)ccn2)cc2c1CCC2. The molecule has 7 heteroatoms. The van der Waals surface area contributed by atoms with Gasteiger partial charge in [0.25, 0.3) is 0 Å². The van der Waals surface area contributed by atoms with Crippen LogP contribution in [0.15, 0.2) is 24.4 Å². The van der Waals surface area contributed by atoms with E-state index in [-0.39, 0.29) is 30.7 Å². The number of likely N-dealkylation sites (N-methyl/N-ethyl adjacent to an activating group) is 1. The number of fused-ring (bicyclic) bond motifs is 1. The van der Waals surface area contributed by atoms with Crippen LogP contribution in [0.5, 0.6) is 5.75 Å². The lowest BCUT2D eigenvalue weighted by atomic mass is 10.1. The number of nitrogens with zero attached hydrogens (tertiary/aromatic N) is 3. The summed E-state index contributed by atoms with van der Waals surface area (Å²) in [6.07, 6.45) is 4.72. The summed E-state index contributed by atoms with van der Waals surface area (Å²) in [5.74, 6) is 1.45. The Hall–Kier alpha value is -2.67. The average Bonchev–Trinajstić information content (AvgIpc) is 3.18. The third-order valence-corrected chi connectivity index (χ3v) is 5.21. The van der Waals surface area contributed by atoms with E-state index < -0.39 is 0 Å². The molecule has 1 aliphatic carbocycles. The Labute approximate surface area is 178 Å². The van der Waals surface area contributed by atoms with Crippen LogP contribution in [0.1, 0.15) is 45.2 Å². The van der Waals surface area contributed by atoms with Gasteiger partial charge < -0.3 is 20.1 Å². The number of aromatic nitrogens is 2. The second-order valence-electron chi connectivity index (χ2n) is 8.80. The van der Waals surface area contributed by atoms with Crippen LogP contribution in [0.4, 0.5) is 5.82 Å². The Balaban J connectivity index is 1.94. The van der Waals surface area contributed by atoms with Gasteiger partial charge in [0.05, 0.1) is 18.0 Å². The Kier molecular flexibility index (Phi) is 6.61. The van der Waals surface area contributed by atoms with Crippen LogP contribution in [0, 0.1) is 0 Å². The van der Waals surface area contributed by atoms with E-state index in [1.54, 1.807) is 12.3 Å². The van der Waals surface area contributed by atoms with Crippen molar-refractivity contribution in [2.24, 2.45) is 0 Å². The quantitative estimate of drug-likeness (QED) is 0.727. The van der Waals surface area contributed by atoms with Gasteiger partial charge in [-0.05, 0) is 70.2 Å². The highest BCUT2D eigenvalue weighted by Crippen LogP contribution is 2.34. The van der Waals surface area contributed by atoms with Crippen molar-refractivity contribution in [2.75, 3.05) is 25.2 Å². The van der Waals surface area contributed by atoms with Gasteiger partial charge in [-0.25, -0.2) is 4.98 Å². The molecule has 0 unspecified atom stereocenters. The van der Waals surface area contributed by atoms with Crippen LogP contribution in [0.25, 0.3) is 11.4 Å². The molecule has 3 rings (SSSR count). The van der Waals surface area contributed by atoms with Crippen molar-refractivity contribution in [1.82, 2.24) is 15.3 Å². The lowest BCUT2D eigenvalue weighted by Crippen LogP contribution is -2.50. The van der Waals surface area contributed by atoms with Crippen LogP contribution < -0.4 is 15.0 Å². The smallest absolute Gasteiger partial charge is 0.242 e. The number of aliphatic hydroxyl groups excluding tert-OH is 1. The molecule has 2 aromatic heterocycles. The predicted octanol–water partition coefficient (Wildman–Crippen LogP) is 2.74. The molecule has 0 aliphatic heterocycles. The lowest BCUT2D eigenvalue weighted by molar-refractivity contribution is -0.123. The number of pyridine rings is 2. The maximum absolute atomic E-state index is 12.7. The minimum Gasteiger partial charge on any atom is -0.491 e. The summed E-state index contributed by atoms with van der Waals surface area (Å²) in [6.45, 7) is 8.02. The van der Waals surface area contributed by atoms with Crippen LogP contribution in [0.2, 0.25) is 0 Å². The van der Waals surface area contributed by atoms with E-state index in [0.29, 0.717) is 11.4 Å². The normalized spacial score (nSPS) is 14.2. The number of rotatable bonds is 7. The summed E-state index contributed by atoms with van der Waals surface area (Å²) in [6, 6.07) is 5.33. The number of hydrogen-bond donors (Lipinski definition) is 2. The van der Waals surface area contributed by atoms with Crippen molar-refractivity contribution < 1.29 is 14.6 Å². The van der Waals surface area contributed by atoms with Crippen molar-refractivity contribution in [3.63, 3.8) is 0 Å². The molecule has 0 spiro atoms. The topological polar surface area (TPSA) is 87.6 Å². The molecule has 1 atom stereocenters. The van der Waals surface area contributed by atoms with E-state index >= 15 is 0 Å². The molecule has 162 valence electrons. The summed E-state index contributed by atoms with van der Waals surface area (Å²) in [5.41, 5.74) is 3.65. The number of amides is 1. The summed E-state index contributed by atoms with van der Waals surface area (Å²) in [5, 5.41) is 12.0. The number of nitrogens with one attached hydrogen (secondary N) is 1. The van der Waals surface area contributed by atoms with Crippen molar-refractivity contribution in [3.05, 3.63) is 35.5 Å². The van der Waals surface area contributed by atoms with Gasteiger partial charge in [-0.15, -0.1) is 0 Å². The molecule has 0 fully saturated rings. The molecule has 2 aromatic rings. The molecule has 2 heterocycles. The van der Waals surface area contributed by atoms with E-state index in [0.717, 1.165) is 30.8 Å². The van der Waals surface area contributed by atoms with E-state index in [1.807, 2.05) is 45.7 Å². The van der Waals surface area contributed by atoms with Gasteiger partial charge in [-0.1, -0.05) is 0 Å². The maximum Gasteiger partial charge on any atom is 0.242 e. The molecular formula is C23H32N4O3. The molecular weight excluding hydrogens is 380 g/mol. The number of carbonyl (C=O) groups is 1. The second kappa shape index (κ2) is 9.00. The monoisotopic (exact) mass is 412 g/mol. The molecule has 0 bridgehead atoms. The zero-order valence-electron chi connectivity index (χ0n) is 18.5. The molecule has 30 heavy (non-hydrogen) atoms. The van der Waals surface area contributed by atoms with Crippen molar-refractivity contribution in [2.45, 2.75) is 58.5 Å². The van der Waals surface area contributed by atoms with Gasteiger partial charge in [-0.3, -0.25) is 9.78 Å². The third kappa shape index (κ3) is 5.08. The lowest BCUT2D eigenvalue weighted by Gasteiger charge is -2.30. The molecule has 1 amide bonds. The number of ether oxygens (including phenoxy) is 1. The third-order valence-electron chi connectivity index (χ3n) is 5.21.